The van der Waals surface area contributed by atoms with Crippen LogP contribution in [0.2, 0.25) is 0 Å². The van der Waals surface area contributed by atoms with Crippen molar-refractivity contribution in [1.82, 2.24) is 5.32 Å². The Morgan fingerprint density at radius 3 is 2.52 bits per heavy atom. The van der Waals surface area contributed by atoms with Gasteiger partial charge in [0.05, 0.1) is 11.3 Å². The van der Waals surface area contributed by atoms with E-state index < -0.39 is 29.3 Å². The molecule has 8 heteroatoms. The van der Waals surface area contributed by atoms with Crippen LogP contribution >= 0.6 is 0 Å². The number of nitrogens with one attached hydrogen (secondary N) is 3. The van der Waals surface area contributed by atoms with Crippen LogP contribution in [0.4, 0.5) is 33.7 Å². The van der Waals surface area contributed by atoms with Gasteiger partial charge in [0, 0.05) is 12.2 Å². The van der Waals surface area contributed by atoms with Crippen molar-refractivity contribution in [2.24, 2.45) is 0 Å². The molecule has 0 saturated heterocycles. The molecule has 2 aromatic rings. The predicted molar refractivity (Wildman–Crippen MR) is 87.9 cm³/mol. The highest BCUT2D eigenvalue weighted by Gasteiger charge is 2.31. The molecule has 0 aromatic heterocycles. The summed E-state index contributed by atoms with van der Waals surface area (Å²) in [6.45, 7) is 3.35. The van der Waals surface area contributed by atoms with Gasteiger partial charge in [0.25, 0.3) is 0 Å². The van der Waals surface area contributed by atoms with Gasteiger partial charge in [0.1, 0.15) is 5.82 Å². The molecule has 0 aliphatic carbocycles. The molecule has 0 spiro atoms. The van der Waals surface area contributed by atoms with Crippen molar-refractivity contribution >= 4 is 17.4 Å². The summed E-state index contributed by atoms with van der Waals surface area (Å²) in [7, 11) is 0. The standard InChI is InChI=1S/C17H17F4N3O/c1-2-22-10-11-4-3-5-13(8-11)23-16(25)24-15-9-12(17(19,20)21)6-7-14(15)18/h3-9,22H,2,10H2,1H3,(H2,23,24,25). The van der Waals surface area contributed by atoms with Crippen molar-refractivity contribution in [3.8, 4) is 0 Å². The van der Waals surface area contributed by atoms with E-state index in [-0.39, 0.29) is 0 Å². The Balaban J connectivity index is 2.08. The first-order chi connectivity index (χ1) is 11.8. The summed E-state index contributed by atoms with van der Waals surface area (Å²) in [5, 5.41) is 7.69. The summed E-state index contributed by atoms with van der Waals surface area (Å²) >= 11 is 0. The summed E-state index contributed by atoms with van der Waals surface area (Å²) in [5.41, 5.74) is -0.224. The quantitative estimate of drug-likeness (QED) is 0.687. The Labute approximate surface area is 142 Å². The van der Waals surface area contributed by atoms with E-state index >= 15 is 0 Å². The molecule has 4 nitrogen and oxygen atoms in total. The SMILES string of the molecule is CCNCc1cccc(NC(=O)Nc2cc(C(F)(F)F)ccc2F)c1. The van der Waals surface area contributed by atoms with E-state index in [4.69, 9.17) is 0 Å². The molecule has 0 heterocycles. The minimum atomic E-state index is -4.62. The summed E-state index contributed by atoms with van der Waals surface area (Å²) in [6, 6.07) is 7.92. The third-order valence-electron chi connectivity index (χ3n) is 3.31. The molecule has 2 amide bonds. The van der Waals surface area contributed by atoms with E-state index in [2.05, 4.69) is 16.0 Å². The number of rotatable bonds is 5. The average molecular weight is 355 g/mol. The van der Waals surface area contributed by atoms with Crippen molar-refractivity contribution in [2.45, 2.75) is 19.6 Å². The van der Waals surface area contributed by atoms with Gasteiger partial charge >= 0.3 is 12.2 Å². The molecule has 0 aliphatic rings. The predicted octanol–water partition coefficient (Wildman–Crippen LogP) is 4.60. The van der Waals surface area contributed by atoms with Crippen molar-refractivity contribution < 1.29 is 22.4 Å². The highest BCUT2D eigenvalue weighted by Crippen LogP contribution is 2.31. The number of anilines is 2. The molecule has 0 aliphatic heterocycles. The number of carbonyl (C=O) groups is 1. The van der Waals surface area contributed by atoms with Gasteiger partial charge in [-0.1, -0.05) is 19.1 Å². The number of amides is 2. The number of urea groups is 1. The zero-order valence-electron chi connectivity index (χ0n) is 13.4. The van der Waals surface area contributed by atoms with Gasteiger partial charge in [-0.15, -0.1) is 0 Å². The summed E-state index contributed by atoms with van der Waals surface area (Å²) in [4.78, 5) is 11.9. The van der Waals surface area contributed by atoms with Crippen LogP contribution in [-0.4, -0.2) is 12.6 Å². The van der Waals surface area contributed by atoms with Gasteiger partial charge in [-0.3, -0.25) is 0 Å². The fraction of sp³-hybridized carbons (Fsp3) is 0.235. The molecular weight excluding hydrogens is 338 g/mol. The maximum Gasteiger partial charge on any atom is 0.416 e. The first-order valence-corrected chi connectivity index (χ1v) is 7.54. The second kappa shape index (κ2) is 7.98. The van der Waals surface area contributed by atoms with Crippen LogP contribution in [0, 0.1) is 5.82 Å². The average Bonchev–Trinajstić information content (AvgIpc) is 2.54. The zero-order chi connectivity index (χ0) is 18.4. The third kappa shape index (κ3) is 5.46. The van der Waals surface area contributed by atoms with E-state index in [0.29, 0.717) is 30.4 Å². The first kappa shape index (κ1) is 18.7. The molecule has 2 aromatic carbocycles. The van der Waals surface area contributed by atoms with Crippen LogP contribution in [-0.2, 0) is 12.7 Å². The summed E-state index contributed by atoms with van der Waals surface area (Å²) in [6.07, 6.45) is -4.62. The van der Waals surface area contributed by atoms with Gasteiger partial charge < -0.3 is 16.0 Å². The molecule has 134 valence electrons. The maximum atomic E-state index is 13.6. The van der Waals surface area contributed by atoms with Crippen LogP contribution < -0.4 is 16.0 Å². The van der Waals surface area contributed by atoms with Crippen molar-refractivity contribution in [2.75, 3.05) is 17.2 Å². The van der Waals surface area contributed by atoms with Crippen LogP contribution in [0.3, 0.4) is 0 Å². The van der Waals surface area contributed by atoms with E-state index in [1.54, 1.807) is 18.2 Å². The number of hydrogen-bond donors (Lipinski definition) is 3. The van der Waals surface area contributed by atoms with Crippen LogP contribution in [0.25, 0.3) is 0 Å². The van der Waals surface area contributed by atoms with Crippen LogP contribution in [0.1, 0.15) is 18.1 Å². The number of hydrogen-bond acceptors (Lipinski definition) is 2. The Morgan fingerprint density at radius 1 is 1.08 bits per heavy atom. The smallest absolute Gasteiger partial charge is 0.313 e. The second-order valence-electron chi connectivity index (χ2n) is 5.25. The van der Waals surface area contributed by atoms with E-state index in [1.807, 2.05) is 13.0 Å². The molecule has 2 rings (SSSR count). The summed E-state index contributed by atoms with van der Waals surface area (Å²) in [5.74, 6) is -0.955. The Morgan fingerprint density at radius 2 is 1.84 bits per heavy atom. The minimum absolute atomic E-state index is 0.445. The number of alkyl halides is 3. The summed E-state index contributed by atoms with van der Waals surface area (Å²) < 4.78 is 51.7. The highest BCUT2D eigenvalue weighted by molar-refractivity contribution is 5.99. The second-order valence-corrected chi connectivity index (χ2v) is 5.25. The zero-order valence-corrected chi connectivity index (χ0v) is 13.4. The lowest BCUT2D eigenvalue weighted by Crippen LogP contribution is -2.21. The van der Waals surface area contributed by atoms with Gasteiger partial charge in [0.15, 0.2) is 0 Å². The van der Waals surface area contributed by atoms with Gasteiger partial charge in [-0.2, -0.15) is 13.2 Å². The van der Waals surface area contributed by atoms with E-state index in [0.717, 1.165) is 12.1 Å². The maximum absolute atomic E-state index is 13.6. The van der Waals surface area contributed by atoms with Crippen molar-refractivity contribution in [1.29, 1.82) is 0 Å². The molecule has 0 atom stereocenters. The lowest BCUT2D eigenvalue weighted by molar-refractivity contribution is -0.137. The topological polar surface area (TPSA) is 53.2 Å². The van der Waals surface area contributed by atoms with Gasteiger partial charge in [0.2, 0.25) is 0 Å². The van der Waals surface area contributed by atoms with Crippen LogP contribution in [0.5, 0.6) is 0 Å². The monoisotopic (exact) mass is 355 g/mol. The van der Waals surface area contributed by atoms with Crippen molar-refractivity contribution in [3.05, 3.63) is 59.4 Å². The molecule has 0 fully saturated rings. The van der Waals surface area contributed by atoms with E-state index in [9.17, 15) is 22.4 Å². The number of carbonyl (C=O) groups excluding carboxylic acids is 1. The molecule has 3 N–H and O–H groups in total. The minimum Gasteiger partial charge on any atom is -0.313 e. The molecular formula is C17H17F4N3O. The Hall–Kier alpha value is -2.61. The Bertz CT molecular complexity index is 747. The number of halogens is 4. The van der Waals surface area contributed by atoms with E-state index in [1.165, 1.54) is 0 Å². The number of benzene rings is 2. The lowest BCUT2D eigenvalue weighted by Gasteiger charge is -2.12. The first-order valence-electron chi connectivity index (χ1n) is 7.54. The third-order valence-corrected chi connectivity index (χ3v) is 3.31. The normalized spacial score (nSPS) is 11.2. The lowest BCUT2D eigenvalue weighted by atomic mass is 10.2. The molecule has 0 radical (unpaired) electrons. The Kier molecular flexibility index (Phi) is 5.97. The van der Waals surface area contributed by atoms with Gasteiger partial charge in [-0.05, 0) is 42.4 Å². The molecule has 25 heavy (non-hydrogen) atoms. The molecule has 0 unspecified atom stereocenters. The van der Waals surface area contributed by atoms with Crippen molar-refractivity contribution in [3.63, 3.8) is 0 Å². The highest BCUT2D eigenvalue weighted by atomic mass is 19.4. The molecule has 0 bridgehead atoms. The molecule has 0 saturated carbocycles. The largest absolute Gasteiger partial charge is 0.416 e. The fourth-order valence-corrected chi connectivity index (χ4v) is 2.11. The van der Waals surface area contributed by atoms with Gasteiger partial charge in [-0.25, -0.2) is 9.18 Å². The fourth-order valence-electron chi connectivity index (χ4n) is 2.11. The van der Waals surface area contributed by atoms with Crippen LogP contribution in [0.15, 0.2) is 42.5 Å².